The van der Waals surface area contributed by atoms with E-state index in [0.29, 0.717) is 49.2 Å². The second-order valence-corrected chi connectivity index (χ2v) is 8.90. The molecule has 6 heterocycles. The van der Waals surface area contributed by atoms with Gasteiger partial charge in [-0.3, -0.25) is 14.7 Å². The van der Waals surface area contributed by atoms with Crippen molar-refractivity contribution in [2.45, 2.75) is 26.0 Å². The van der Waals surface area contributed by atoms with Crippen LogP contribution in [-0.2, 0) is 14.3 Å². The Hall–Kier alpha value is -3.86. The highest BCUT2D eigenvalue weighted by molar-refractivity contribution is 5.98. The van der Waals surface area contributed by atoms with Crippen molar-refractivity contribution < 1.29 is 18.7 Å². The van der Waals surface area contributed by atoms with Crippen molar-refractivity contribution >= 4 is 34.7 Å². The maximum absolute atomic E-state index is 12.5. The van der Waals surface area contributed by atoms with Gasteiger partial charge in [0.25, 0.3) is 11.9 Å². The van der Waals surface area contributed by atoms with E-state index in [-0.39, 0.29) is 5.70 Å². The van der Waals surface area contributed by atoms with E-state index in [4.69, 9.17) is 24.6 Å². The molecule has 3 aromatic heterocycles. The SMILES string of the molecule is Cc1cc(C2OC=C(C(N)=O)N2c2cc3oc(N4CCOCC4)nc3nc2N2CCCC2)ccn1. The highest BCUT2D eigenvalue weighted by Crippen LogP contribution is 2.43. The molecule has 3 aromatic rings. The Morgan fingerprint density at radius 3 is 2.63 bits per heavy atom. The molecule has 3 aliphatic heterocycles. The number of fused-ring (bicyclic) bond motifs is 1. The Bertz CT molecular complexity index is 1290. The predicted molar refractivity (Wildman–Crippen MR) is 129 cm³/mol. The number of oxazole rings is 1. The first-order valence-electron chi connectivity index (χ1n) is 11.8. The van der Waals surface area contributed by atoms with E-state index in [0.717, 1.165) is 43.0 Å². The van der Waals surface area contributed by atoms with Gasteiger partial charge in [0.2, 0.25) is 11.9 Å². The molecule has 0 spiro atoms. The van der Waals surface area contributed by atoms with Gasteiger partial charge < -0.3 is 29.4 Å². The summed E-state index contributed by atoms with van der Waals surface area (Å²) in [5.74, 6) is 0.141. The van der Waals surface area contributed by atoms with E-state index in [9.17, 15) is 4.79 Å². The zero-order valence-corrected chi connectivity index (χ0v) is 19.5. The summed E-state index contributed by atoms with van der Waals surface area (Å²) in [6, 6.07) is 6.21. The van der Waals surface area contributed by atoms with Gasteiger partial charge in [-0.15, -0.1) is 0 Å². The number of hydrogen-bond acceptors (Lipinski definition) is 10. The second kappa shape index (κ2) is 8.73. The van der Waals surface area contributed by atoms with Crippen LogP contribution >= 0.6 is 0 Å². The average molecular weight is 478 g/mol. The molecule has 0 bridgehead atoms. The van der Waals surface area contributed by atoms with Gasteiger partial charge in [0.15, 0.2) is 11.4 Å². The Labute approximate surface area is 202 Å². The number of carbonyl (C=O) groups is 1. The fourth-order valence-electron chi connectivity index (χ4n) is 4.82. The average Bonchev–Trinajstić information content (AvgIpc) is 3.63. The lowest BCUT2D eigenvalue weighted by Gasteiger charge is -2.30. The topological polar surface area (TPSA) is 123 Å². The smallest absolute Gasteiger partial charge is 0.300 e. The number of primary amides is 1. The first-order valence-corrected chi connectivity index (χ1v) is 11.8. The van der Waals surface area contributed by atoms with Gasteiger partial charge in [-0.25, -0.2) is 4.98 Å². The van der Waals surface area contributed by atoms with Crippen LogP contribution in [-0.4, -0.2) is 60.3 Å². The molecule has 1 atom stereocenters. The minimum atomic E-state index is -0.596. The maximum atomic E-state index is 12.5. The van der Waals surface area contributed by atoms with E-state index in [2.05, 4.69) is 19.8 Å². The van der Waals surface area contributed by atoms with Crippen LogP contribution in [0.1, 0.15) is 30.3 Å². The van der Waals surface area contributed by atoms with Crippen LogP contribution in [0.25, 0.3) is 11.2 Å². The van der Waals surface area contributed by atoms with Gasteiger partial charge in [0.1, 0.15) is 12.0 Å². The standard InChI is InChI=1S/C24H27N7O4/c1-15-12-16(4-5-26-15)23-31(18(14-34-23)20(25)32)17-13-19-21(27-22(17)29-6-2-3-7-29)28-24(35-19)30-8-10-33-11-9-30/h4-5,12-14,23H,2-3,6-11H2,1H3,(H2,25,32). The van der Waals surface area contributed by atoms with Crippen molar-refractivity contribution in [2.24, 2.45) is 5.73 Å². The number of anilines is 3. The number of amides is 1. The number of nitrogens with two attached hydrogens (primary N) is 1. The first kappa shape index (κ1) is 21.7. The van der Waals surface area contributed by atoms with Crippen molar-refractivity contribution in [1.29, 1.82) is 0 Å². The normalized spacial score (nSPS) is 20.4. The summed E-state index contributed by atoms with van der Waals surface area (Å²) in [7, 11) is 0. The van der Waals surface area contributed by atoms with E-state index in [1.165, 1.54) is 6.26 Å². The van der Waals surface area contributed by atoms with Crippen LogP contribution < -0.4 is 20.4 Å². The van der Waals surface area contributed by atoms with Gasteiger partial charge in [0, 0.05) is 49.7 Å². The molecule has 3 aliphatic rings. The zero-order chi connectivity index (χ0) is 23.9. The van der Waals surface area contributed by atoms with E-state index >= 15 is 0 Å². The number of pyridine rings is 2. The monoisotopic (exact) mass is 477 g/mol. The number of nitrogens with zero attached hydrogens (tertiary/aromatic N) is 6. The number of carbonyl (C=O) groups excluding carboxylic acids is 1. The first-order chi connectivity index (χ1) is 17.1. The Balaban J connectivity index is 1.49. The molecule has 0 radical (unpaired) electrons. The second-order valence-electron chi connectivity index (χ2n) is 8.90. The van der Waals surface area contributed by atoms with Crippen molar-refractivity contribution in [2.75, 3.05) is 54.1 Å². The zero-order valence-electron chi connectivity index (χ0n) is 19.5. The lowest BCUT2D eigenvalue weighted by molar-refractivity contribution is -0.114. The Morgan fingerprint density at radius 1 is 1.09 bits per heavy atom. The van der Waals surface area contributed by atoms with Gasteiger partial charge in [-0.1, -0.05) is 0 Å². The van der Waals surface area contributed by atoms with Crippen LogP contribution in [0.5, 0.6) is 0 Å². The Morgan fingerprint density at radius 2 is 1.89 bits per heavy atom. The summed E-state index contributed by atoms with van der Waals surface area (Å²) in [6.07, 6.45) is 4.68. The number of rotatable bonds is 5. The number of aromatic nitrogens is 3. The molecule has 0 aliphatic carbocycles. The number of aryl methyl sites for hydroxylation is 1. The molecule has 11 heteroatoms. The van der Waals surface area contributed by atoms with Crippen LogP contribution in [0.2, 0.25) is 0 Å². The third-order valence-electron chi connectivity index (χ3n) is 6.54. The molecule has 0 saturated carbocycles. The molecule has 1 unspecified atom stereocenters. The molecule has 2 fully saturated rings. The fraction of sp³-hybridized carbons (Fsp3) is 0.417. The van der Waals surface area contributed by atoms with Crippen molar-refractivity contribution in [3.63, 3.8) is 0 Å². The van der Waals surface area contributed by atoms with Crippen LogP contribution in [0.3, 0.4) is 0 Å². The van der Waals surface area contributed by atoms with Crippen molar-refractivity contribution in [1.82, 2.24) is 15.0 Å². The quantitative estimate of drug-likeness (QED) is 0.585. The maximum Gasteiger partial charge on any atom is 0.300 e. The summed E-state index contributed by atoms with van der Waals surface area (Å²) in [5, 5.41) is 0. The molecule has 2 N–H and O–H groups in total. The third kappa shape index (κ3) is 3.91. The van der Waals surface area contributed by atoms with E-state index < -0.39 is 12.1 Å². The highest BCUT2D eigenvalue weighted by atomic mass is 16.5. The molecule has 11 nitrogen and oxygen atoms in total. The summed E-state index contributed by atoms with van der Waals surface area (Å²) in [5.41, 5.74) is 9.47. The highest BCUT2D eigenvalue weighted by Gasteiger charge is 2.37. The lowest BCUT2D eigenvalue weighted by Crippen LogP contribution is -2.36. The minimum Gasteiger partial charge on any atom is -0.471 e. The largest absolute Gasteiger partial charge is 0.471 e. The molecule has 6 rings (SSSR count). The molecule has 1 amide bonds. The predicted octanol–water partition coefficient (Wildman–Crippen LogP) is 2.23. The molecular formula is C24H27N7O4. The number of hydrogen-bond donors (Lipinski definition) is 1. The lowest BCUT2D eigenvalue weighted by atomic mass is 10.1. The van der Waals surface area contributed by atoms with Gasteiger partial charge in [0.05, 0.1) is 18.9 Å². The molecule has 0 aromatic carbocycles. The third-order valence-corrected chi connectivity index (χ3v) is 6.54. The fourth-order valence-corrected chi connectivity index (χ4v) is 4.82. The molecule has 35 heavy (non-hydrogen) atoms. The van der Waals surface area contributed by atoms with Crippen LogP contribution in [0.4, 0.5) is 17.5 Å². The number of ether oxygens (including phenoxy) is 2. The van der Waals surface area contributed by atoms with Gasteiger partial charge >= 0.3 is 0 Å². The summed E-state index contributed by atoms with van der Waals surface area (Å²) < 4.78 is 17.6. The van der Waals surface area contributed by atoms with Crippen molar-refractivity contribution in [3.05, 3.63) is 47.6 Å². The molecular weight excluding hydrogens is 450 g/mol. The van der Waals surface area contributed by atoms with E-state index in [1.54, 1.807) is 11.1 Å². The van der Waals surface area contributed by atoms with Gasteiger partial charge in [-0.05, 0) is 31.9 Å². The van der Waals surface area contributed by atoms with Crippen LogP contribution in [0, 0.1) is 6.92 Å². The van der Waals surface area contributed by atoms with E-state index in [1.807, 2.05) is 25.1 Å². The molecule has 2 saturated heterocycles. The summed E-state index contributed by atoms with van der Waals surface area (Å²) in [4.78, 5) is 32.4. The summed E-state index contributed by atoms with van der Waals surface area (Å²) in [6.45, 7) is 6.30. The minimum absolute atomic E-state index is 0.249. The molecule has 182 valence electrons. The van der Waals surface area contributed by atoms with Crippen molar-refractivity contribution in [3.8, 4) is 0 Å². The Kier molecular flexibility index (Phi) is 5.40. The van der Waals surface area contributed by atoms with Gasteiger partial charge in [-0.2, -0.15) is 4.98 Å². The summed E-state index contributed by atoms with van der Waals surface area (Å²) >= 11 is 0. The van der Waals surface area contributed by atoms with Crippen LogP contribution in [0.15, 0.2) is 40.8 Å². The number of morpholine rings is 1.